The molecular weight excluding hydrogens is 879 g/mol. The fourth-order valence-electron chi connectivity index (χ4n) is 6.88. The first kappa shape index (κ1) is 61.0. The number of allylic oxidation sites excluding steroid dienone is 3. The highest BCUT2D eigenvalue weighted by Gasteiger charge is 2.25. The number of likely N-dealkylation sites (N-methyl/N-ethyl adjacent to an activating group) is 3. The van der Waals surface area contributed by atoms with Crippen LogP contribution in [-0.2, 0) is 21.6 Å². The fraction of sp³-hybridized carbons (Fsp3) is 0.400. The van der Waals surface area contributed by atoms with Crippen molar-refractivity contribution >= 4 is 50.3 Å². The Kier molecular flexibility index (Phi) is 27.0. The zero-order chi connectivity index (χ0) is 49.0. The van der Waals surface area contributed by atoms with E-state index in [1.165, 1.54) is 12.1 Å². The van der Waals surface area contributed by atoms with E-state index in [9.17, 15) is 20.1 Å². The van der Waals surface area contributed by atoms with E-state index in [1.54, 1.807) is 19.1 Å². The Morgan fingerprint density at radius 2 is 1.03 bits per heavy atom. The van der Waals surface area contributed by atoms with Crippen LogP contribution in [0.25, 0.3) is 0 Å². The van der Waals surface area contributed by atoms with Crippen LogP contribution in [0.3, 0.4) is 0 Å². The van der Waals surface area contributed by atoms with E-state index in [4.69, 9.17) is 43.6 Å². The van der Waals surface area contributed by atoms with Gasteiger partial charge in [-0.1, -0.05) is 20.9 Å². The fourth-order valence-corrected chi connectivity index (χ4v) is 6.88. The van der Waals surface area contributed by atoms with Gasteiger partial charge in [0.05, 0.1) is 25.5 Å². The van der Waals surface area contributed by atoms with Crippen LogP contribution >= 0.6 is 0 Å². The molecule has 10 N–H and O–H groups in total. The number of carbonyl (C=O) groups is 1. The quantitative estimate of drug-likeness (QED) is 0.0310. The number of aliphatic hydroxyl groups is 4. The molecule has 0 aliphatic heterocycles. The van der Waals surface area contributed by atoms with E-state index >= 15 is 0 Å². The van der Waals surface area contributed by atoms with Crippen LogP contribution in [0.4, 0.5) is 28.4 Å². The number of aromatic hydroxyl groups is 2. The van der Waals surface area contributed by atoms with Gasteiger partial charge in [-0.25, -0.2) is 4.99 Å². The molecule has 4 aromatic carbocycles. The van der Waals surface area contributed by atoms with Crippen LogP contribution in [0.2, 0.25) is 0 Å². The number of rotatable bonds is 15. The van der Waals surface area contributed by atoms with Crippen molar-refractivity contribution in [3.63, 3.8) is 0 Å². The molecule has 0 atom stereocenters. The molecular formula is C50H75N5O11S. The topological polar surface area (TPSA) is 261 Å². The zero-order valence-corrected chi connectivity index (χ0v) is 39.5. The smallest absolute Gasteiger partial charge is 0.394 e. The summed E-state index contributed by atoms with van der Waals surface area (Å²) < 4.78 is 31.6. The number of hydrogen-bond donors (Lipinski definition) is 9. The Hall–Kier alpha value is -5.95. The standard InChI is InChI=1S/C30H39N3O4.C11H18N2O.C7H8O2.2CH4.H2O4S/c1-6-32(12-14-34)24-9-8-23(20(3)16-24)18-26-22(5)30(29(37)19-28(26)36)31-27-11-10-25(17-21(27)4)33(7-2)13-15-35;1-3-13(6-7-14)10-4-5-11(12)9(2)8-10;1-5-2-6(8)4-7(9)3-5;;;1-5(2,3)4/h8-11,16-17,19,34-36H,6-7,12-15,18H2,1-5H3;4-5,8,14H,3,6-7,12H2,1-2H3;2-4,8-9H,1H3;2*1H4;(H2,1,2,3,4). The van der Waals surface area contributed by atoms with Gasteiger partial charge in [0.1, 0.15) is 23.0 Å². The molecule has 372 valence electrons. The summed E-state index contributed by atoms with van der Waals surface area (Å²) in [4.78, 5) is 23.9. The van der Waals surface area contributed by atoms with Crippen molar-refractivity contribution in [2.75, 3.05) is 79.5 Å². The van der Waals surface area contributed by atoms with Gasteiger partial charge >= 0.3 is 10.4 Å². The Bertz CT molecular complexity index is 2340. The second-order valence-corrected chi connectivity index (χ2v) is 16.0. The molecule has 0 fully saturated rings. The lowest BCUT2D eigenvalue weighted by Gasteiger charge is -2.24. The molecule has 17 heteroatoms. The maximum Gasteiger partial charge on any atom is 0.394 e. The van der Waals surface area contributed by atoms with Crippen molar-refractivity contribution in [2.24, 2.45) is 4.99 Å². The molecule has 0 heterocycles. The van der Waals surface area contributed by atoms with Gasteiger partial charge in [-0.3, -0.25) is 13.9 Å². The van der Waals surface area contributed by atoms with Crippen molar-refractivity contribution in [3.8, 4) is 11.5 Å². The molecule has 0 saturated heterocycles. The van der Waals surface area contributed by atoms with E-state index in [0.29, 0.717) is 48.6 Å². The lowest BCUT2D eigenvalue weighted by Crippen LogP contribution is -2.26. The predicted octanol–water partition coefficient (Wildman–Crippen LogP) is 8.02. The van der Waals surface area contributed by atoms with Gasteiger partial charge in [-0.2, -0.15) is 8.42 Å². The number of aliphatic hydroxyl groups excluding tert-OH is 4. The third-order valence-electron chi connectivity index (χ3n) is 10.4. The molecule has 16 nitrogen and oxygen atoms in total. The van der Waals surface area contributed by atoms with E-state index in [0.717, 1.165) is 70.2 Å². The summed E-state index contributed by atoms with van der Waals surface area (Å²) in [5, 5.41) is 55.9. The van der Waals surface area contributed by atoms with E-state index in [-0.39, 0.29) is 57.7 Å². The largest absolute Gasteiger partial charge is 0.508 e. The number of hydrogen-bond acceptors (Lipinski definition) is 14. The third-order valence-corrected chi connectivity index (χ3v) is 10.4. The first-order valence-corrected chi connectivity index (χ1v) is 22.6. The molecule has 0 saturated carbocycles. The van der Waals surface area contributed by atoms with E-state index in [2.05, 4.69) is 40.7 Å². The summed E-state index contributed by atoms with van der Waals surface area (Å²) >= 11 is 0. The van der Waals surface area contributed by atoms with Gasteiger partial charge in [0.2, 0.25) is 5.78 Å². The van der Waals surface area contributed by atoms with Gasteiger partial charge < -0.3 is 51.1 Å². The number of benzene rings is 4. The number of phenolic OH excluding ortho intramolecular Hbond substituents is 2. The van der Waals surface area contributed by atoms with Crippen molar-refractivity contribution in [1.29, 1.82) is 0 Å². The Morgan fingerprint density at radius 3 is 1.42 bits per heavy atom. The van der Waals surface area contributed by atoms with Crippen LogP contribution < -0.4 is 20.4 Å². The van der Waals surface area contributed by atoms with Crippen LogP contribution in [-0.4, -0.2) is 119 Å². The molecule has 5 rings (SSSR count). The number of nitrogens with zero attached hydrogens (tertiary/aromatic N) is 4. The molecule has 0 spiro atoms. The molecule has 1 aliphatic rings. The number of anilines is 4. The number of ketones is 1. The van der Waals surface area contributed by atoms with Crippen LogP contribution in [0, 0.1) is 27.7 Å². The van der Waals surface area contributed by atoms with Gasteiger partial charge in [-0.05, 0) is 149 Å². The molecule has 67 heavy (non-hydrogen) atoms. The SMILES string of the molecule is C.C.CCN(CCO)c1ccc(CC2=C(C)C(=Nc3ccc(N(CC)CCO)cc3C)C(=O)C=C2O)c(C)c1.CCN(CCO)c1ccc(N)c(C)c1.Cc1cc(O)cc(O)c1.O=S(=O)(O)O. The summed E-state index contributed by atoms with van der Waals surface area (Å²) in [6, 6.07) is 22.4. The molecule has 0 amide bonds. The van der Waals surface area contributed by atoms with Gasteiger partial charge in [0.25, 0.3) is 0 Å². The Morgan fingerprint density at radius 1 is 0.612 bits per heavy atom. The van der Waals surface area contributed by atoms with E-state index < -0.39 is 10.4 Å². The minimum absolute atomic E-state index is 0. The summed E-state index contributed by atoms with van der Waals surface area (Å²) in [6.45, 7) is 20.4. The lowest BCUT2D eigenvalue weighted by molar-refractivity contribution is -0.109. The average molecular weight is 954 g/mol. The molecule has 0 unspecified atom stereocenters. The number of aliphatic imine (C=N–C) groups is 1. The van der Waals surface area contributed by atoms with Crippen molar-refractivity contribution < 1.29 is 53.0 Å². The number of nitrogen functional groups attached to an aromatic ring is 1. The summed E-state index contributed by atoms with van der Waals surface area (Å²) in [5.74, 6) is -0.123. The van der Waals surface area contributed by atoms with Crippen LogP contribution in [0.5, 0.6) is 11.5 Å². The normalized spacial score (nSPS) is 12.5. The highest BCUT2D eigenvalue weighted by Crippen LogP contribution is 2.31. The molecule has 0 bridgehead atoms. The highest BCUT2D eigenvalue weighted by molar-refractivity contribution is 7.79. The molecule has 0 radical (unpaired) electrons. The van der Waals surface area contributed by atoms with Crippen molar-refractivity contribution in [2.45, 2.75) is 76.7 Å². The lowest BCUT2D eigenvalue weighted by atomic mass is 9.88. The minimum Gasteiger partial charge on any atom is -0.508 e. The maximum atomic E-state index is 12.9. The monoisotopic (exact) mass is 954 g/mol. The first-order chi connectivity index (χ1) is 30.6. The molecule has 0 aromatic heterocycles. The number of phenols is 2. The highest BCUT2D eigenvalue weighted by atomic mass is 32.3. The maximum absolute atomic E-state index is 12.9. The summed E-state index contributed by atoms with van der Waals surface area (Å²) in [6.07, 6.45) is 1.73. The van der Waals surface area contributed by atoms with Crippen LogP contribution in [0.15, 0.2) is 101 Å². The molecule has 1 aliphatic carbocycles. The number of aryl methyl sites for hydroxylation is 4. The second-order valence-electron chi connectivity index (χ2n) is 15.1. The third kappa shape index (κ3) is 20.2. The van der Waals surface area contributed by atoms with Crippen LogP contribution in [0.1, 0.15) is 70.4 Å². The Balaban J connectivity index is 0.00000118. The first-order valence-electron chi connectivity index (χ1n) is 21.2. The summed E-state index contributed by atoms with van der Waals surface area (Å²) in [5.41, 5.74) is 17.1. The second kappa shape index (κ2) is 29.6. The summed E-state index contributed by atoms with van der Waals surface area (Å²) in [7, 11) is -4.67. The Labute approximate surface area is 398 Å². The zero-order valence-electron chi connectivity index (χ0n) is 38.7. The minimum atomic E-state index is -4.67. The predicted molar refractivity (Wildman–Crippen MR) is 274 cm³/mol. The number of carbonyl (C=O) groups excluding carboxylic acids is 1. The average Bonchev–Trinajstić information content (AvgIpc) is 3.22. The van der Waals surface area contributed by atoms with Crippen molar-refractivity contribution in [1.82, 2.24) is 0 Å². The van der Waals surface area contributed by atoms with Gasteiger partial charge in [0.15, 0.2) is 0 Å². The van der Waals surface area contributed by atoms with Crippen molar-refractivity contribution in [3.05, 3.63) is 124 Å². The van der Waals surface area contributed by atoms with Gasteiger partial charge in [0, 0.05) is 86.2 Å². The van der Waals surface area contributed by atoms with Gasteiger partial charge in [-0.15, -0.1) is 0 Å². The number of nitrogens with two attached hydrogens (primary N) is 1. The van der Waals surface area contributed by atoms with E-state index in [1.807, 2.05) is 77.1 Å². The molecule has 4 aromatic rings.